The van der Waals surface area contributed by atoms with E-state index in [-0.39, 0.29) is 18.9 Å². The van der Waals surface area contributed by atoms with Crippen LogP contribution in [0.5, 0.6) is 0 Å². The summed E-state index contributed by atoms with van der Waals surface area (Å²) < 4.78 is 6.48. The third-order valence-corrected chi connectivity index (χ3v) is 5.93. The van der Waals surface area contributed by atoms with Crippen LogP contribution < -0.4 is 5.32 Å². The molecule has 1 aliphatic carbocycles. The first-order chi connectivity index (χ1) is 14.5. The highest BCUT2D eigenvalue weighted by atomic mass is 127. The van der Waals surface area contributed by atoms with Gasteiger partial charge in [0.05, 0.1) is 0 Å². The molecular formula is C24H20INO4. The lowest BCUT2D eigenvalue weighted by Gasteiger charge is -2.17. The van der Waals surface area contributed by atoms with Gasteiger partial charge in [-0.15, -0.1) is 0 Å². The minimum Gasteiger partial charge on any atom is -0.480 e. The Balaban J connectivity index is 1.43. The topological polar surface area (TPSA) is 75.6 Å². The third-order valence-electron chi connectivity index (χ3n) is 5.26. The predicted octanol–water partition coefficient (Wildman–Crippen LogP) is 4.83. The van der Waals surface area contributed by atoms with E-state index in [1.807, 2.05) is 60.7 Å². The first-order valence-electron chi connectivity index (χ1n) is 9.61. The van der Waals surface area contributed by atoms with Crippen LogP contribution in [0.1, 0.15) is 22.6 Å². The Bertz CT molecular complexity index is 1050. The van der Waals surface area contributed by atoms with Crippen LogP contribution in [0.4, 0.5) is 4.79 Å². The van der Waals surface area contributed by atoms with Crippen molar-refractivity contribution in [3.8, 4) is 11.1 Å². The number of carboxylic acids is 1. The van der Waals surface area contributed by atoms with E-state index in [9.17, 15) is 14.7 Å². The van der Waals surface area contributed by atoms with Crippen LogP contribution in [-0.2, 0) is 16.0 Å². The number of hydrogen-bond donors (Lipinski definition) is 2. The van der Waals surface area contributed by atoms with E-state index in [0.717, 1.165) is 31.4 Å². The van der Waals surface area contributed by atoms with E-state index in [4.69, 9.17) is 4.74 Å². The van der Waals surface area contributed by atoms with Crippen LogP contribution in [-0.4, -0.2) is 29.8 Å². The van der Waals surface area contributed by atoms with Crippen molar-refractivity contribution in [2.45, 2.75) is 18.4 Å². The molecule has 0 unspecified atom stereocenters. The Labute approximate surface area is 188 Å². The van der Waals surface area contributed by atoms with E-state index in [2.05, 4.69) is 40.0 Å². The van der Waals surface area contributed by atoms with Gasteiger partial charge in [0.25, 0.3) is 0 Å². The lowest BCUT2D eigenvalue weighted by atomic mass is 9.98. The Morgan fingerprint density at radius 1 is 0.967 bits per heavy atom. The monoisotopic (exact) mass is 513 g/mol. The number of carbonyl (C=O) groups is 2. The SMILES string of the molecule is O=C(N[C@H](Cc1cccc(I)c1)C(=O)O)OCC1c2ccccc2-c2ccccc21. The molecule has 0 saturated heterocycles. The molecule has 3 aromatic rings. The molecule has 1 amide bonds. The Morgan fingerprint density at radius 2 is 1.60 bits per heavy atom. The van der Waals surface area contributed by atoms with Crippen molar-refractivity contribution < 1.29 is 19.4 Å². The number of rotatable bonds is 6. The maximum atomic E-state index is 12.4. The first-order valence-corrected chi connectivity index (χ1v) is 10.7. The summed E-state index contributed by atoms with van der Waals surface area (Å²) in [7, 11) is 0. The maximum Gasteiger partial charge on any atom is 0.407 e. The van der Waals surface area contributed by atoms with Gasteiger partial charge in [0.2, 0.25) is 0 Å². The molecule has 1 atom stereocenters. The van der Waals surface area contributed by atoms with Gasteiger partial charge in [0, 0.05) is 15.9 Å². The number of hydrogen-bond acceptors (Lipinski definition) is 3. The second-order valence-corrected chi connectivity index (χ2v) is 8.44. The molecule has 30 heavy (non-hydrogen) atoms. The molecule has 0 bridgehead atoms. The van der Waals surface area contributed by atoms with Crippen molar-refractivity contribution in [2.75, 3.05) is 6.61 Å². The molecule has 0 spiro atoms. The van der Waals surface area contributed by atoms with Crippen LogP contribution in [0.2, 0.25) is 0 Å². The van der Waals surface area contributed by atoms with Crippen molar-refractivity contribution in [3.63, 3.8) is 0 Å². The highest BCUT2D eigenvalue weighted by Crippen LogP contribution is 2.44. The predicted molar refractivity (Wildman–Crippen MR) is 122 cm³/mol. The van der Waals surface area contributed by atoms with E-state index >= 15 is 0 Å². The van der Waals surface area contributed by atoms with Crippen molar-refractivity contribution in [2.24, 2.45) is 0 Å². The summed E-state index contributed by atoms with van der Waals surface area (Å²) in [5, 5.41) is 12.0. The average molecular weight is 513 g/mol. The fourth-order valence-corrected chi connectivity index (χ4v) is 4.49. The van der Waals surface area contributed by atoms with Gasteiger partial charge in [-0.05, 0) is 62.5 Å². The van der Waals surface area contributed by atoms with Crippen LogP contribution in [0.25, 0.3) is 11.1 Å². The molecule has 0 radical (unpaired) electrons. The zero-order valence-corrected chi connectivity index (χ0v) is 18.2. The molecule has 152 valence electrons. The fraction of sp³-hybridized carbons (Fsp3) is 0.167. The Hall–Kier alpha value is -2.87. The smallest absolute Gasteiger partial charge is 0.407 e. The maximum absolute atomic E-state index is 12.4. The van der Waals surface area contributed by atoms with Crippen molar-refractivity contribution in [3.05, 3.63) is 93.1 Å². The molecule has 0 saturated carbocycles. The number of ether oxygens (including phenoxy) is 1. The highest BCUT2D eigenvalue weighted by molar-refractivity contribution is 14.1. The number of fused-ring (bicyclic) bond motifs is 3. The number of carbonyl (C=O) groups excluding carboxylic acids is 1. The van der Waals surface area contributed by atoms with Crippen molar-refractivity contribution in [1.29, 1.82) is 0 Å². The van der Waals surface area contributed by atoms with E-state index < -0.39 is 18.1 Å². The molecule has 6 heteroatoms. The summed E-state index contributed by atoms with van der Waals surface area (Å²) in [6.07, 6.45) is -0.536. The zero-order valence-electron chi connectivity index (χ0n) is 16.0. The number of amides is 1. The van der Waals surface area contributed by atoms with Crippen LogP contribution in [0.3, 0.4) is 0 Å². The second kappa shape index (κ2) is 8.87. The molecule has 1 aliphatic rings. The number of alkyl carbamates (subject to hydrolysis) is 1. The van der Waals surface area contributed by atoms with Gasteiger partial charge < -0.3 is 15.2 Å². The minimum absolute atomic E-state index is 0.0675. The number of aliphatic carboxylic acids is 1. The zero-order chi connectivity index (χ0) is 21.1. The van der Waals surface area contributed by atoms with Gasteiger partial charge in [-0.3, -0.25) is 0 Å². The summed E-state index contributed by atoms with van der Waals surface area (Å²) in [4.78, 5) is 24.0. The normalized spacial score (nSPS) is 13.2. The first kappa shape index (κ1) is 20.4. The number of halogens is 1. The average Bonchev–Trinajstić information content (AvgIpc) is 3.06. The van der Waals surface area contributed by atoms with Gasteiger partial charge in [-0.1, -0.05) is 60.7 Å². The third kappa shape index (κ3) is 4.33. The molecule has 2 N–H and O–H groups in total. The molecule has 0 aromatic heterocycles. The largest absolute Gasteiger partial charge is 0.480 e. The summed E-state index contributed by atoms with van der Waals surface area (Å²) in [6.45, 7) is 0.148. The van der Waals surface area contributed by atoms with Crippen molar-refractivity contribution in [1.82, 2.24) is 5.32 Å². The van der Waals surface area contributed by atoms with Gasteiger partial charge in [-0.2, -0.15) is 0 Å². The summed E-state index contributed by atoms with van der Waals surface area (Å²) in [5.41, 5.74) is 5.35. The van der Waals surface area contributed by atoms with Crippen LogP contribution in [0, 0.1) is 3.57 Å². The van der Waals surface area contributed by atoms with Crippen LogP contribution in [0.15, 0.2) is 72.8 Å². The quantitative estimate of drug-likeness (QED) is 0.464. The summed E-state index contributed by atoms with van der Waals surface area (Å²) in [5.74, 6) is -1.16. The van der Waals surface area contributed by atoms with Crippen LogP contribution >= 0.6 is 22.6 Å². The highest BCUT2D eigenvalue weighted by Gasteiger charge is 2.29. The van der Waals surface area contributed by atoms with E-state index in [1.54, 1.807) is 0 Å². The standard InChI is InChI=1S/C24H20INO4/c25-16-7-5-6-15(12-16)13-22(23(27)28)26-24(29)30-14-21-19-10-3-1-8-17(19)18-9-2-4-11-20(18)21/h1-12,21-22H,13-14H2,(H,26,29)(H,27,28)/t22-/m1/s1. The Morgan fingerprint density at radius 3 is 2.20 bits per heavy atom. The van der Waals surface area contributed by atoms with Gasteiger partial charge in [-0.25, -0.2) is 9.59 Å². The molecule has 0 fully saturated rings. The van der Waals surface area contributed by atoms with Gasteiger partial charge in [0.1, 0.15) is 12.6 Å². The molecule has 5 nitrogen and oxygen atoms in total. The number of carboxylic acid groups (broad SMARTS) is 1. The molecule has 0 aliphatic heterocycles. The lowest BCUT2D eigenvalue weighted by Crippen LogP contribution is -2.42. The second-order valence-electron chi connectivity index (χ2n) is 7.19. The fourth-order valence-electron chi connectivity index (χ4n) is 3.88. The molecule has 4 rings (SSSR count). The lowest BCUT2D eigenvalue weighted by molar-refractivity contribution is -0.139. The van der Waals surface area contributed by atoms with Crippen molar-refractivity contribution >= 4 is 34.7 Å². The molecular weight excluding hydrogens is 493 g/mol. The molecule has 3 aromatic carbocycles. The number of nitrogens with one attached hydrogen (secondary N) is 1. The summed E-state index contributed by atoms with van der Waals surface area (Å²) in [6, 6.07) is 22.6. The van der Waals surface area contributed by atoms with Gasteiger partial charge in [0.15, 0.2) is 0 Å². The summed E-state index contributed by atoms with van der Waals surface area (Å²) >= 11 is 2.17. The number of benzene rings is 3. The minimum atomic E-state index is -1.10. The van der Waals surface area contributed by atoms with Gasteiger partial charge >= 0.3 is 12.1 Å². The van der Waals surface area contributed by atoms with E-state index in [1.165, 1.54) is 0 Å². The Kier molecular flexibility index (Phi) is 6.03. The van der Waals surface area contributed by atoms with E-state index in [0.29, 0.717) is 0 Å². The molecule has 0 heterocycles.